The molecule has 0 saturated heterocycles. The number of hydrogen-bond acceptors (Lipinski definition) is 8. The zero-order valence-electron chi connectivity index (χ0n) is 20.4. The highest BCUT2D eigenvalue weighted by molar-refractivity contribution is 6.29. The summed E-state index contributed by atoms with van der Waals surface area (Å²) >= 11 is 5.96. The van der Waals surface area contributed by atoms with Crippen molar-refractivity contribution >= 4 is 46.3 Å². The van der Waals surface area contributed by atoms with Crippen molar-refractivity contribution in [1.29, 1.82) is 0 Å². The minimum Gasteiger partial charge on any atom is -0.379 e. The van der Waals surface area contributed by atoms with Gasteiger partial charge in [-0.1, -0.05) is 11.6 Å². The van der Waals surface area contributed by atoms with Gasteiger partial charge in [0.25, 0.3) is 11.8 Å². The predicted molar refractivity (Wildman–Crippen MR) is 143 cm³/mol. The molecule has 2 amide bonds. The number of aromatic nitrogens is 6. The number of aromatic amines is 1. The first-order valence-corrected chi connectivity index (χ1v) is 13.0. The molecule has 5 N–H and O–H groups in total. The van der Waals surface area contributed by atoms with Crippen molar-refractivity contribution in [2.24, 2.45) is 0 Å². The van der Waals surface area contributed by atoms with Gasteiger partial charge in [0.05, 0.1) is 23.6 Å². The van der Waals surface area contributed by atoms with E-state index in [1.54, 1.807) is 22.8 Å². The Kier molecular flexibility index (Phi) is 6.54. The van der Waals surface area contributed by atoms with E-state index in [4.69, 9.17) is 16.7 Å². The van der Waals surface area contributed by atoms with Gasteiger partial charge in [-0.3, -0.25) is 14.7 Å². The van der Waals surface area contributed by atoms with Gasteiger partial charge in [-0.05, 0) is 50.7 Å². The second-order valence-corrected chi connectivity index (χ2v) is 10.1. The Bertz CT molecular complexity index is 1460. The number of anilines is 3. The summed E-state index contributed by atoms with van der Waals surface area (Å²) in [5.74, 6) is 0.194. The number of halogens is 1. The molecular formula is C25H27ClN10O2. The monoisotopic (exact) mass is 534 g/mol. The molecule has 0 radical (unpaired) electrons. The lowest BCUT2D eigenvalue weighted by Gasteiger charge is -2.30. The van der Waals surface area contributed by atoms with Crippen molar-refractivity contribution in [3.63, 3.8) is 0 Å². The Balaban J connectivity index is 1.17. The molecule has 0 aliphatic heterocycles. The molecule has 2 saturated carbocycles. The number of carbonyl (C=O) groups excluding carboxylic acids is 2. The molecule has 4 aromatic heterocycles. The molecule has 0 unspecified atom stereocenters. The van der Waals surface area contributed by atoms with Gasteiger partial charge in [-0.2, -0.15) is 5.10 Å². The first-order chi connectivity index (χ1) is 18.5. The molecule has 0 atom stereocenters. The Morgan fingerprint density at radius 3 is 2.45 bits per heavy atom. The average molecular weight is 535 g/mol. The summed E-state index contributed by atoms with van der Waals surface area (Å²) in [4.78, 5) is 33.9. The van der Waals surface area contributed by atoms with Crippen LogP contribution in [0.3, 0.4) is 0 Å². The highest BCUT2D eigenvalue weighted by atomic mass is 35.5. The van der Waals surface area contributed by atoms with Crippen molar-refractivity contribution in [2.45, 2.75) is 56.7 Å². The van der Waals surface area contributed by atoms with Gasteiger partial charge in [0.2, 0.25) is 0 Å². The number of carbonyl (C=O) groups is 2. The topological polar surface area (TPSA) is 154 Å². The first-order valence-electron chi connectivity index (χ1n) is 12.7. The van der Waals surface area contributed by atoms with Crippen LogP contribution in [-0.2, 0) is 0 Å². The van der Waals surface area contributed by atoms with Crippen molar-refractivity contribution in [3.8, 4) is 0 Å². The van der Waals surface area contributed by atoms with Crippen LogP contribution in [-0.4, -0.2) is 59.7 Å². The summed E-state index contributed by atoms with van der Waals surface area (Å²) in [7, 11) is 0. The molecule has 0 bridgehead atoms. The lowest BCUT2D eigenvalue weighted by molar-refractivity contribution is 0.0926. The third-order valence-corrected chi connectivity index (χ3v) is 7.00. The Labute approximate surface area is 223 Å². The number of fused-ring (bicyclic) bond motifs is 1. The normalized spacial score (nSPS) is 19.2. The highest BCUT2D eigenvalue weighted by Gasteiger charge is 2.26. The molecule has 6 rings (SSSR count). The maximum atomic E-state index is 13.1. The number of rotatable bonds is 8. The fourth-order valence-corrected chi connectivity index (χ4v) is 4.83. The van der Waals surface area contributed by atoms with E-state index < -0.39 is 0 Å². The average Bonchev–Trinajstić information content (AvgIpc) is 3.36. The fourth-order valence-electron chi connectivity index (χ4n) is 4.66. The summed E-state index contributed by atoms with van der Waals surface area (Å²) in [6, 6.07) is 5.91. The number of nitrogens with one attached hydrogen (secondary N) is 5. The summed E-state index contributed by atoms with van der Waals surface area (Å²) in [5, 5.41) is 24.5. The van der Waals surface area contributed by atoms with Gasteiger partial charge < -0.3 is 21.3 Å². The maximum Gasteiger partial charge on any atom is 0.276 e. The fraction of sp³-hybridized carbons (Fsp3) is 0.360. The molecule has 0 spiro atoms. The van der Waals surface area contributed by atoms with Crippen LogP contribution < -0.4 is 21.3 Å². The molecular weight excluding hydrogens is 508 g/mol. The Morgan fingerprint density at radius 1 is 0.947 bits per heavy atom. The van der Waals surface area contributed by atoms with Crippen LogP contribution in [0.25, 0.3) is 5.65 Å². The van der Waals surface area contributed by atoms with Crippen molar-refractivity contribution in [3.05, 3.63) is 59.4 Å². The van der Waals surface area contributed by atoms with E-state index in [1.807, 2.05) is 6.07 Å². The molecule has 196 valence electrons. The number of H-pyrrole nitrogens is 1. The third kappa shape index (κ3) is 5.40. The molecule has 12 nitrogen and oxygen atoms in total. The van der Waals surface area contributed by atoms with E-state index in [1.165, 1.54) is 18.6 Å². The first kappa shape index (κ1) is 24.2. The van der Waals surface area contributed by atoms with Crippen molar-refractivity contribution in [1.82, 2.24) is 35.1 Å². The largest absolute Gasteiger partial charge is 0.379 e. The SMILES string of the molecule is O=C(N[C@H]1CC[C@H](Nc2cc(NC3CC3)c3ncc(C(=O)Nc4ccnc(Cl)c4)n3n2)CC1)c1cn[nH]c1. The number of amides is 2. The third-order valence-electron chi connectivity index (χ3n) is 6.80. The van der Waals surface area contributed by atoms with Crippen LogP contribution in [0, 0.1) is 0 Å². The predicted octanol–water partition coefficient (Wildman–Crippen LogP) is 3.48. The van der Waals surface area contributed by atoms with Gasteiger partial charge >= 0.3 is 0 Å². The van der Waals surface area contributed by atoms with E-state index >= 15 is 0 Å². The Morgan fingerprint density at radius 2 is 1.71 bits per heavy atom. The smallest absolute Gasteiger partial charge is 0.276 e. The summed E-state index contributed by atoms with van der Waals surface area (Å²) in [6.07, 6.45) is 11.8. The lowest BCUT2D eigenvalue weighted by atomic mass is 9.91. The molecule has 2 fully saturated rings. The summed E-state index contributed by atoms with van der Waals surface area (Å²) in [6.45, 7) is 0. The second kappa shape index (κ2) is 10.3. The van der Waals surface area contributed by atoms with Crippen LogP contribution in [0.4, 0.5) is 17.2 Å². The molecule has 0 aromatic carbocycles. The molecule has 2 aliphatic carbocycles. The number of imidazole rings is 1. The lowest BCUT2D eigenvalue weighted by Crippen LogP contribution is -2.40. The maximum absolute atomic E-state index is 13.1. The van der Waals surface area contributed by atoms with Crippen molar-refractivity contribution < 1.29 is 9.59 Å². The van der Waals surface area contributed by atoms with Gasteiger partial charge in [0.15, 0.2) is 11.3 Å². The van der Waals surface area contributed by atoms with Gasteiger partial charge in [0, 0.05) is 42.3 Å². The van der Waals surface area contributed by atoms with Crippen LogP contribution in [0.1, 0.15) is 59.4 Å². The van der Waals surface area contributed by atoms with Crippen LogP contribution >= 0.6 is 11.6 Å². The van der Waals surface area contributed by atoms with Crippen LogP contribution in [0.5, 0.6) is 0 Å². The van der Waals surface area contributed by atoms with E-state index in [9.17, 15) is 9.59 Å². The second-order valence-electron chi connectivity index (χ2n) is 9.72. The molecule has 13 heteroatoms. The van der Waals surface area contributed by atoms with Gasteiger partial charge in [0.1, 0.15) is 11.0 Å². The quantitative estimate of drug-likeness (QED) is 0.215. The summed E-state index contributed by atoms with van der Waals surface area (Å²) in [5.41, 5.74) is 2.79. The standard InChI is InChI=1S/C25H27ClN10O2/c26-21-9-18(7-8-27-21)34-25(38)20-13-28-23-19(31-15-1-2-15)10-22(35-36(20)23)32-16-3-5-17(6-4-16)33-24(37)14-11-29-30-12-14/h7-13,15-17,31H,1-6H2,(H,29,30)(H,32,35)(H,33,37)(H,27,34,38)/t16-,17-. The van der Waals surface area contributed by atoms with Crippen molar-refractivity contribution in [2.75, 3.05) is 16.0 Å². The minimum absolute atomic E-state index is 0.113. The van der Waals surface area contributed by atoms with Crippen LogP contribution in [0.2, 0.25) is 5.15 Å². The number of hydrogen-bond donors (Lipinski definition) is 5. The van der Waals surface area contributed by atoms with Crippen LogP contribution in [0.15, 0.2) is 43.0 Å². The highest BCUT2D eigenvalue weighted by Crippen LogP contribution is 2.30. The summed E-state index contributed by atoms with van der Waals surface area (Å²) < 4.78 is 1.57. The number of pyridine rings is 1. The van der Waals surface area contributed by atoms with E-state index in [2.05, 4.69) is 41.4 Å². The molecule has 4 aromatic rings. The zero-order valence-corrected chi connectivity index (χ0v) is 21.2. The van der Waals surface area contributed by atoms with Gasteiger partial charge in [-0.15, -0.1) is 5.10 Å². The van der Waals surface area contributed by atoms with E-state index in [0.29, 0.717) is 34.5 Å². The number of nitrogens with zero attached hydrogens (tertiary/aromatic N) is 5. The zero-order chi connectivity index (χ0) is 26.1. The molecule has 2 aliphatic rings. The molecule has 4 heterocycles. The Hall–Kier alpha value is -4.19. The van der Waals surface area contributed by atoms with Gasteiger partial charge in [-0.25, -0.2) is 14.5 Å². The minimum atomic E-state index is -0.351. The van der Waals surface area contributed by atoms with E-state index in [-0.39, 0.29) is 29.1 Å². The van der Waals surface area contributed by atoms with E-state index in [0.717, 1.165) is 44.2 Å². The molecule has 38 heavy (non-hydrogen) atoms.